The first-order chi connectivity index (χ1) is 11.7. The molecule has 0 spiro atoms. The predicted molar refractivity (Wildman–Crippen MR) is 97.1 cm³/mol. The van der Waals surface area contributed by atoms with Crippen molar-refractivity contribution < 1.29 is 22.7 Å². The van der Waals surface area contributed by atoms with Crippen LogP contribution in [0.15, 0.2) is 24.3 Å². The monoisotopic (exact) mass is 370 g/mol. The molecule has 0 saturated heterocycles. The molecule has 0 saturated carbocycles. The number of nitrogens with zero attached hydrogens (tertiary/aromatic N) is 1. The van der Waals surface area contributed by atoms with Crippen molar-refractivity contribution in [2.24, 2.45) is 5.92 Å². The molecule has 0 unspecified atom stereocenters. The number of benzene rings is 1. The summed E-state index contributed by atoms with van der Waals surface area (Å²) in [6.45, 7) is 5.90. The van der Waals surface area contributed by atoms with Gasteiger partial charge < -0.3 is 10.1 Å². The van der Waals surface area contributed by atoms with Crippen molar-refractivity contribution in [1.82, 2.24) is 5.32 Å². The van der Waals surface area contributed by atoms with E-state index in [1.807, 2.05) is 13.8 Å². The number of carbonyl (C=O) groups excluding carboxylic acids is 2. The third-order valence-electron chi connectivity index (χ3n) is 3.30. The smallest absolute Gasteiger partial charge is 0.340 e. The number of hydrogen-bond acceptors (Lipinski definition) is 5. The fraction of sp³-hybridized carbons (Fsp3) is 0.529. The first kappa shape index (κ1) is 21.0. The molecule has 140 valence electrons. The second-order valence-corrected chi connectivity index (χ2v) is 7.93. The van der Waals surface area contributed by atoms with Crippen LogP contribution in [0, 0.1) is 5.92 Å². The van der Waals surface area contributed by atoms with E-state index >= 15 is 0 Å². The van der Waals surface area contributed by atoms with Gasteiger partial charge in [0.15, 0.2) is 0 Å². The highest BCUT2D eigenvalue weighted by molar-refractivity contribution is 7.92. The van der Waals surface area contributed by atoms with Crippen molar-refractivity contribution >= 4 is 27.6 Å². The van der Waals surface area contributed by atoms with Crippen molar-refractivity contribution in [2.75, 3.05) is 30.3 Å². The minimum atomic E-state index is -3.64. The number of anilines is 1. The Hall–Kier alpha value is -2.09. The Balaban J connectivity index is 2.98. The van der Waals surface area contributed by atoms with Gasteiger partial charge >= 0.3 is 5.97 Å². The van der Waals surface area contributed by atoms with Crippen molar-refractivity contribution in [3.8, 4) is 0 Å². The van der Waals surface area contributed by atoms with E-state index < -0.39 is 16.0 Å². The summed E-state index contributed by atoms with van der Waals surface area (Å²) in [5.74, 6) is -0.506. The van der Waals surface area contributed by atoms with Gasteiger partial charge in [-0.05, 0) is 25.0 Å². The maximum Gasteiger partial charge on any atom is 0.340 e. The van der Waals surface area contributed by atoms with E-state index in [-0.39, 0.29) is 42.8 Å². The fourth-order valence-corrected chi connectivity index (χ4v) is 3.22. The lowest BCUT2D eigenvalue weighted by Gasteiger charge is -2.24. The lowest BCUT2D eigenvalue weighted by atomic mass is 10.1. The average Bonchev–Trinajstić information content (AvgIpc) is 2.50. The first-order valence-electron chi connectivity index (χ1n) is 8.17. The molecule has 25 heavy (non-hydrogen) atoms. The number of hydrogen-bond donors (Lipinski definition) is 1. The minimum Gasteiger partial charge on any atom is -0.462 e. The second-order valence-electron chi connectivity index (χ2n) is 6.02. The van der Waals surface area contributed by atoms with Gasteiger partial charge in [0.25, 0.3) is 0 Å². The van der Waals surface area contributed by atoms with Crippen LogP contribution in [-0.4, -0.2) is 46.2 Å². The number of carbonyl (C=O) groups is 2. The van der Waals surface area contributed by atoms with Gasteiger partial charge in [0, 0.05) is 13.0 Å². The van der Waals surface area contributed by atoms with E-state index in [0.717, 1.165) is 10.6 Å². The SMILES string of the molecule is CCOC(=O)c1ccccc1N(CCNC(=O)CC(C)C)S(C)(=O)=O. The van der Waals surface area contributed by atoms with E-state index in [9.17, 15) is 18.0 Å². The van der Waals surface area contributed by atoms with Gasteiger partial charge in [-0.15, -0.1) is 0 Å². The highest BCUT2D eigenvalue weighted by Crippen LogP contribution is 2.23. The number of para-hydroxylation sites is 1. The van der Waals surface area contributed by atoms with Crippen molar-refractivity contribution in [2.45, 2.75) is 27.2 Å². The van der Waals surface area contributed by atoms with E-state index in [4.69, 9.17) is 4.74 Å². The van der Waals surface area contributed by atoms with Gasteiger partial charge in [-0.3, -0.25) is 9.10 Å². The fourth-order valence-electron chi connectivity index (χ4n) is 2.28. The Morgan fingerprint density at radius 3 is 2.44 bits per heavy atom. The van der Waals surface area contributed by atoms with Crippen LogP contribution in [0.2, 0.25) is 0 Å². The zero-order chi connectivity index (χ0) is 19.0. The molecule has 0 heterocycles. The Bertz CT molecular complexity index is 701. The number of nitrogens with one attached hydrogen (secondary N) is 1. The molecule has 0 bridgehead atoms. The van der Waals surface area contributed by atoms with E-state index in [0.29, 0.717) is 6.42 Å². The van der Waals surface area contributed by atoms with Crippen molar-refractivity contribution in [3.05, 3.63) is 29.8 Å². The van der Waals surface area contributed by atoms with E-state index in [1.54, 1.807) is 25.1 Å². The third kappa shape index (κ3) is 6.74. The van der Waals surface area contributed by atoms with Gasteiger partial charge in [0.1, 0.15) is 0 Å². The Morgan fingerprint density at radius 1 is 1.24 bits per heavy atom. The number of esters is 1. The highest BCUT2D eigenvalue weighted by Gasteiger charge is 2.23. The zero-order valence-electron chi connectivity index (χ0n) is 15.1. The van der Waals surface area contributed by atoms with Crippen LogP contribution in [0.1, 0.15) is 37.6 Å². The van der Waals surface area contributed by atoms with E-state index in [1.165, 1.54) is 6.07 Å². The standard InChI is InChI=1S/C17H26N2O5S/c1-5-24-17(21)14-8-6-7-9-15(14)19(25(4,22)23)11-10-18-16(20)12-13(2)3/h6-9,13H,5,10-12H2,1-4H3,(H,18,20). The van der Waals surface area contributed by atoms with Crippen LogP contribution < -0.4 is 9.62 Å². The zero-order valence-corrected chi connectivity index (χ0v) is 15.9. The maximum atomic E-state index is 12.2. The molecular weight excluding hydrogens is 344 g/mol. The number of ether oxygens (including phenoxy) is 1. The van der Waals surface area contributed by atoms with Crippen molar-refractivity contribution in [3.63, 3.8) is 0 Å². The summed E-state index contributed by atoms with van der Waals surface area (Å²) < 4.78 is 30.5. The number of amides is 1. The molecule has 7 nitrogen and oxygen atoms in total. The van der Waals surface area contributed by atoms with Crippen LogP contribution >= 0.6 is 0 Å². The molecule has 1 N–H and O–H groups in total. The summed E-state index contributed by atoms with van der Waals surface area (Å²) in [5, 5.41) is 2.70. The van der Waals surface area contributed by atoms with Gasteiger partial charge in [0.05, 0.1) is 30.7 Å². The van der Waals surface area contributed by atoms with Crippen molar-refractivity contribution in [1.29, 1.82) is 0 Å². The summed E-state index contributed by atoms with van der Waals surface area (Å²) in [4.78, 5) is 23.8. The Kier molecular flexibility index (Phi) is 7.89. The molecule has 0 aliphatic rings. The maximum absolute atomic E-state index is 12.2. The number of sulfonamides is 1. The predicted octanol–water partition coefficient (Wildman–Crippen LogP) is 1.79. The van der Waals surface area contributed by atoms with Gasteiger partial charge in [-0.1, -0.05) is 26.0 Å². The number of rotatable bonds is 9. The molecule has 0 fully saturated rings. The average molecular weight is 370 g/mol. The molecule has 0 aromatic heterocycles. The van der Waals surface area contributed by atoms with Gasteiger partial charge in [-0.25, -0.2) is 13.2 Å². The molecule has 1 amide bonds. The van der Waals surface area contributed by atoms with Crippen LogP contribution in [0.25, 0.3) is 0 Å². The van der Waals surface area contributed by atoms with Crippen LogP contribution in [0.3, 0.4) is 0 Å². The largest absolute Gasteiger partial charge is 0.462 e. The highest BCUT2D eigenvalue weighted by atomic mass is 32.2. The molecule has 0 atom stereocenters. The molecule has 0 aliphatic heterocycles. The van der Waals surface area contributed by atoms with Crippen LogP contribution in [0.4, 0.5) is 5.69 Å². The molecule has 0 aliphatic carbocycles. The Morgan fingerprint density at radius 2 is 1.88 bits per heavy atom. The molecular formula is C17H26N2O5S. The molecule has 1 rings (SSSR count). The molecule has 0 radical (unpaired) electrons. The molecule has 1 aromatic rings. The second kappa shape index (κ2) is 9.41. The quantitative estimate of drug-likeness (QED) is 0.669. The Labute approximate surface area is 149 Å². The lowest BCUT2D eigenvalue weighted by molar-refractivity contribution is -0.121. The lowest BCUT2D eigenvalue weighted by Crippen LogP contribution is -2.39. The summed E-state index contributed by atoms with van der Waals surface area (Å²) in [7, 11) is -3.64. The third-order valence-corrected chi connectivity index (χ3v) is 4.48. The van der Waals surface area contributed by atoms with Crippen LogP contribution in [0.5, 0.6) is 0 Å². The normalized spacial score (nSPS) is 11.2. The van der Waals surface area contributed by atoms with Gasteiger partial charge in [-0.2, -0.15) is 0 Å². The summed E-state index contributed by atoms with van der Waals surface area (Å²) >= 11 is 0. The van der Waals surface area contributed by atoms with Gasteiger partial charge in [0.2, 0.25) is 15.9 Å². The summed E-state index contributed by atoms with van der Waals surface area (Å²) in [6.07, 6.45) is 1.43. The first-order valence-corrected chi connectivity index (χ1v) is 10.0. The summed E-state index contributed by atoms with van der Waals surface area (Å²) in [5.41, 5.74) is 0.407. The minimum absolute atomic E-state index is 0.0269. The molecule has 1 aromatic carbocycles. The van der Waals surface area contributed by atoms with Crippen LogP contribution in [-0.2, 0) is 19.6 Å². The topological polar surface area (TPSA) is 92.8 Å². The van der Waals surface area contributed by atoms with E-state index in [2.05, 4.69) is 5.32 Å². The molecule has 8 heteroatoms. The summed E-state index contributed by atoms with van der Waals surface area (Å²) in [6, 6.07) is 6.35.